The molecule has 0 aromatic rings. The Morgan fingerprint density at radius 1 is 1.57 bits per heavy atom. The van der Waals surface area contributed by atoms with Gasteiger partial charge in [0.15, 0.2) is 0 Å². The fourth-order valence-corrected chi connectivity index (χ4v) is 1.94. The summed E-state index contributed by atoms with van der Waals surface area (Å²) in [5, 5.41) is 3.41. The van der Waals surface area contributed by atoms with Crippen molar-refractivity contribution in [1.29, 1.82) is 0 Å². The van der Waals surface area contributed by atoms with E-state index in [1.165, 1.54) is 32.5 Å². The smallest absolute Gasteiger partial charge is 0.0615 e. The van der Waals surface area contributed by atoms with Crippen molar-refractivity contribution in [2.75, 3.05) is 40.4 Å². The largest absolute Gasteiger partial charge is 0.383 e. The normalized spacial score (nSPS) is 24.4. The highest BCUT2D eigenvalue weighted by atomic mass is 16.5. The molecular formula is C11H24N2O. The first-order valence-electron chi connectivity index (χ1n) is 5.64. The number of ether oxygens (including phenoxy) is 1. The van der Waals surface area contributed by atoms with Crippen molar-refractivity contribution < 1.29 is 4.74 Å². The predicted octanol–water partition coefficient (Wildman–Crippen LogP) is 0.953. The molecule has 1 heterocycles. The van der Waals surface area contributed by atoms with Crippen molar-refractivity contribution >= 4 is 0 Å². The monoisotopic (exact) mass is 200 g/mol. The van der Waals surface area contributed by atoms with Gasteiger partial charge in [0.05, 0.1) is 6.61 Å². The van der Waals surface area contributed by atoms with Crippen LogP contribution in [0.4, 0.5) is 0 Å². The van der Waals surface area contributed by atoms with E-state index in [2.05, 4.69) is 24.2 Å². The van der Waals surface area contributed by atoms with E-state index in [4.69, 9.17) is 4.74 Å². The summed E-state index contributed by atoms with van der Waals surface area (Å²) in [4.78, 5) is 2.39. The highest BCUT2D eigenvalue weighted by molar-refractivity contribution is 4.73. The lowest BCUT2D eigenvalue weighted by Gasteiger charge is -2.25. The standard InChI is InChI=1S/C11H24N2O/c1-10(9-14-3)13(2)7-5-11-4-6-12-8-11/h10-12H,4-9H2,1-3H3. The van der Waals surface area contributed by atoms with E-state index in [0.717, 1.165) is 12.5 Å². The maximum atomic E-state index is 5.14. The molecule has 14 heavy (non-hydrogen) atoms. The van der Waals surface area contributed by atoms with Gasteiger partial charge in [-0.05, 0) is 52.4 Å². The molecule has 1 aliphatic heterocycles. The van der Waals surface area contributed by atoms with E-state index in [0.29, 0.717) is 6.04 Å². The summed E-state index contributed by atoms with van der Waals surface area (Å²) in [6.45, 7) is 6.67. The summed E-state index contributed by atoms with van der Waals surface area (Å²) in [5.41, 5.74) is 0. The van der Waals surface area contributed by atoms with Gasteiger partial charge >= 0.3 is 0 Å². The third kappa shape index (κ3) is 3.95. The number of likely N-dealkylation sites (N-methyl/N-ethyl adjacent to an activating group) is 1. The minimum atomic E-state index is 0.536. The lowest BCUT2D eigenvalue weighted by Crippen LogP contribution is -2.34. The fourth-order valence-electron chi connectivity index (χ4n) is 1.94. The first-order valence-corrected chi connectivity index (χ1v) is 5.64. The second kappa shape index (κ2) is 6.38. The van der Waals surface area contributed by atoms with Crippen LogP contribution in [0.15, 0.2) is 0 Å². The summed E-state index contributed by atoms with van der Waals surface area (Å²) < 4.78 is 5.14. The number of nitrogens with one attached hydrogen (secondary N) is 1. The minimum absolute atomic E-state index is 0.536. The van der Waals surface area contributed by atoms with Gasteiger partial charge in [-0.15, -0.1) is 0 Å². The Morgan fingerprint density at radius 3 is 2.93 bits per heavy atom. The Hall–Kier alpha value is -0.120. The molecule has 3 heteroatoms. The van der Waals surface area contributed by atoms with Crippen molar-refractivity contribution in [3.8, 4) is 0 Å². The van der Waals surface area contributed by atoms with Crippen molar-refractivity contribution in [3.63, 3.8) is 0 Å². The van der Waals surface area contributed by atoms with Gasteiger partial charge in [0.2, 0.25) is 0 Å². The molecule has 84 valence electrons. The summed E-state index contributed by atoms with van der Waals surface area (Å²) in [6, 6.07) is 0.536. The Balaban J connectivity index is 2.09. The first-order chi connectivity index (χ1) is 6.74. The van der Waals surface area contributed by atoms with Crippen LogP contribution in [0.25, 0.3) is 0 Å². The van der Waals surface area contributed by atoms with Crippen molar-refractivity contribution in [1.82, 2.24) is 10.2 Å². The SMILES string of the molecule is COCC(C)N(C)CCC1CCNC1. The average molecular weight is 200 g/mol. The third-order valence-electron chi connectivity index (χ3n) is 3.21. The van der Waals surface area contributed by atoms with Gasteiger partial charge in [0.25, 0.3) is 0 Å². The van der Waals surface area contributed by atoms with Crippen LogP contribution < -0.4 is 5.32 Å². The van der Waals surface area contributed by atoms with E-state index >= 15 is 0 Å². The van der Waals surface area contributed by atoms with Gasteiger partial charge in [-0.3, -0.25) is 0 Å². The molecule has 1 rings (SSSR count). The maximum absolute atomic E-state index is 5.14. The van der Waals surface area contributed by atoms with Gasteiger partial charge in [-0.2, -0.15) is 0 Å². The molecule has 3 nitrogen and oxygen atoms in total. The van der Waals surface area contributed by atoms with Crippen LogP contribution in [0.1, 0.15) is 19.8 Å². The number of rotatable bonds is 6. The van der Waals surface area contributed by atoms with E-state index < -0.39 is 0 Å². The maximum Gasteiger partial charge on any atom is 0.0615 e. The van der Waals surface area contributed by atoms with Crippen LogP contribution in [0, 0.1) is 5.92 Å². The Morgan fingerprint density at radius 2 is 2.36 bits per heavy atom. The zero-order valence-corrected chi connectivity index (χ0v) is 9.75. The molecule has 0 amide bonds. The molecule has 1 fully saturated rings. The molecule has 1 saturated heterocycles. The van der Waals surface area contributed by atoms with E-state index in [-0.39, 0.29) is 0 Å². The number of methoxy groups -OCH3 is 1. The Bertz CT molecular complexity index is 146. The van der Waals surface area contributed by atoms with Gasteiger partial charge in [-0.1, -0.05) is 0 Å². The zero-order chi connectivity index (χ0) is 10.4. The predicted molar refractivity (Wildman–Crippen MR) is 59.6 cm³/mol. The molecule has 0 aromatic carbocycles. The fraction of sp³-hybridized carbons (Fsp3) is 1.00. The van der Waals surface area contributed by atoms with Crippen LogP contribution in [0.2, 0.25) is 0 Å². The first kappa shape index (κ1) is 12.0. The number of nitrogens with zero attached hydrogens (tertiary/aromatic N) is 1. The van der Waals surface area contributed by atoms with Gasteiger partial charge < -0.3 is 15.0 Å². The molecule has 2 atom stereocenters. The lowest BCUT2D eigenvalue weighted by molar-refractivity contribution is 0.112. The number of hydrogen-bond donors (Lipinski definition) is 1. The molecule has 0 saturated carbocycles. The molecule has 0 bridgehead atoms. The molecule has 0 spiro atoms. The van der Waals surface area contributed by atoms with Crippen LogP contribution in [-0.2, 0) is 4.74 Å². The molecule has 1 aliphatic rings. The average Bonchev–Trinajstić information content (AvgIpc) is 2.67. The van der Waals surface area contributed by atoms with Crippen LogP contribution >= 0.6 is 0 Å². The van der Waals surface area contributed by atoms with Gasteiger partial charge in [0.1, 0.15) is 0 Å². The number of hydrogen-bond acceptors (Lipinski definition) is 3. The van der Waals surface area contributed by atoms with Crippen molar-refractivity contribution in [3.05, 3.63) is 0 Å². The second-order valence-electron chi connectivity index (χ2n) is 4.43. The molecule has 2 unspecified atom stereocenters. The highest BCUT2D eigenvalue weighted by Gasteiger charge is 2.16. The van der Waals surface area contributed by atoms with Crippen molar-refractivity contribution in [2.24, 2.45) is 5.92 Å². The quantitative estimate of drug-likeness (QED) is 0.691. The van der Waals surface area contributed by atoms with Crippen LogP contribution in [0.5, 0.6) is 0 Å². The summed E-state index contributed by atoms with van der Waals surface area (Å²) >= 11 is 0. The van der Waals surface area contributed by atoms with Crippen LogP contribution in [0.3, 0.4) is 0 Å². The summed E-state index contributed by atoms with van der Waals surface area (Å²) in [5.74, 6) is 0.896. The topological polar surface area (TPSA) is 24.5 Å². The minimum Gasteiger partial charge on any atom is -0.383 e. The van der Waals surface area contributed by atoms with E-state index in [1.807, 2.05) is 0 Å². The second-order valence-corrected chi connectivity index (χ2v) is 4.43. The van der Waals surface area contributed by atoms with Crippen LogP contribution in [-0.4, -0.2) is 51.3 Å². The highest BCUT2D eigenvalue weighted by Crippen LogP contribution is 2.13. The molecule has 0 aromatic heterocycles. The van der Waals surface area contributed by atoms with E-state index in [9.17, 15) is 0 Å². The van der Waals surface area contributed by atoms with Gasteiger partial charge in [0, 0.05) is 13.2 Å². The Labute approximate surface area is 87.8 Å². The lowest BCUT2D eigenvalue weighted by atomic mass is 10.0. The third-order valence-corrected chi connectivity index (χ3v) is 3.21. The van der Waals surface area contributed by atoms with Crippen molar-refractivity contribution in [2.45, 2.75) is 25.8 Å². The molecule has 0 radical (unpaired) electrons. The molecular weight excluding hydrogens is 176 g/mol. The summed E-state index contributed by atoms with van der Waals surface area (Å²) in [6.07, 6.45) is 2.67. The Kier molecular flexibility index (Phi) is 5.45. The zero-order valence-electron chi connectivity index (χ0n) is 9.75. The summed E-state index contributed by atoms with van der Waals surface area (Å²) in [7, 11) is 3.96. The van der Waals surface area contributed by atoms with E-state index in [1.54, 1.807) is 7.11 Å². The molecule has 1 N–H and O–H groups in total. The molecule has 0 aliphatic carbocycles. The van der Waals surface area contributed by atoms with Gasteiger partial charge in [-0.25, -0.2) is 0 Å².